The number of nitro benzene ring substituents is 2. The highest BCUT2D eigenvalue weighted by atomic mass is 35.5. The van der Waals surface area contributed by atoms with Gasteiger partial charge in [0, 0.05) is 23.8 Å². The van der Waals surface area contributed by atoms with Gasteiger partial charge in [-0.25, -0.2) is 0 Å². The summed E-state index contributed by atoms with van der Waals surface area (Å²) in [7, 11) is 0. The van der Waals surface area contributed by atoms with E-state index in [-0.39, 0.29) is 16.4 Å². The number of nitrogens with zero attached hydrogens (tertiary/aromatic N) is 3. The van der Waals surface area contributed by atoms with Gasteiger partial charge in [-0.05, 0) is 19.1 Å². The van der Waals surface area contributed by atoms with Gasteiger partial charge in [0.1, 0.15) is 5.02 Å². The maximum absolute atomic E-state index is 10.9. The number of halogens is 1. The van der Waals surface area contributed by atoms with Crippen molar-refractivity contribution < 1.29 is 9.85 Å². The number of rotatable bonds is 5. The van der Waals surface area contributed by atoms with Crippen LogP contribution in [0.5, 0.6) is 0 Å². The van der Waals surface area contributed by atoms with Crippen molar-refractivity contribution in [2.75, 3.05) is 5.43 Å². The lowest BCUT2D eigenvalue weighted by Crippen LogP contribution is -2.01. The topological polar surface area (TPSA) is 111 Å². The van der Waals surface area contributed by atoms with Gasteiger partial charge in [-0.15, -0.1) is 0 Å². The first-order valence-electron chi connectivity index (χ1n) is 6.37. The number of hydrogen-bond acceptors (Lipinski definition) is 6. The van der Waals surface area contributed by atoms with Crippen molar-refractivity contribution in [1.29, 1.82) is 0 Å². The van der Waals surface area contributed by atoms with Crippen LogP contribution in [-0.2, 0) is 0 Å². The van der Waals surface area contributed by atoms with Crippen LogP contribution < -0.4 is 5.43 Å². The molecule has 0 atom stereocenters. The summed E-state index contributed by atoms with van der Waals surface area (Å²) in [5.41, 5.74) is 3.82. The Morgan fingerprint density at radius 1 is 1.13 bits per heavy atom. The van der Waals surface area contributed by atoms with Crippen molar-refractivity contribution in [3.05, 3.63) is 73.3 Å². The lowest BCUT2D eigenvalue weighted by atomic mass is 10.1. The highest BCUT2D eigenvalue weighted by Crippen LogP contribution is 2.25. The zero-order chi connectivity index (χ0) is 17.0. The summed E-state index contributed by atoms with van der Waals surface area (Å²) < 4.78 is 0. The van der Waals surface area contributed by atoms with Crippen LogP contribution in [-0.4, -0.2) is 15.6 Å². The first-order chi connectivity index (χ1) is 10.9. The summed E-state index contributed by atoms with van der Waals surface area (Å²) in [6.45, 7) is 1.65. The van der Waals surface area contributed by atoms with Gasteiger partial charge in [0.05, 0.1) is 21.2 Å². The first-order valence-corrected chi connectivity index (χ1v) is 6.75. The van der Waals surface area contributed by atoms with Crippen LogP contribution in [0.1, 0.15) is 12.5 Å². The predicted molar refractivity (Wildman–Crippen MR) is 87.0 cm³/mol. The van der Waals surface area contributed by atoms with Crippen LogP contribution >= 0.6 is 11.6 Å². The second-order valence-corrected chi connectivity index (χ2v) is 4.95. The normalized spacial score (nSPS) is 11.1. The summed E-state index contributed by atoms with van der Waals surface area (Å²) in [5, 5.41) is 25.7. The molecule has 0 aliphatic carbocycles. The van der Waals surface area contributed by atoms with E-state index in [0.717, 1.165) is 0 Å². The maximum atomic E-state index is 10.9. The fourth-order valence-corrected chi connectivity index (χ4v) is 1.97. The zero-order valence-electron chi connectivity index (χ0n) is 11.9. The third-order valence-corrected chi connectivity index (χ3v) is 3.29. The Balaban J connectivity index is 2.23. The summed E-state index contributed by atoms with van der Waals surface area (Å²) in [6, 6.07) is 10.2. The standard InChI is InChI=1S/C14H11ClN4O4/c1-9(10-5-6-13(15)14(7-10)19(22)23)16-17-11-3-2-4-12(8-11)18(20)21/h2-8,17H,1H3. The van der Waals surface area contributed by atoms with E-state index in [1.165, 1.54) is 30.3 Å². The molecule has 0 bridgehead atoms. The molecule has 0 aliphatic rings. The average Bonchev–Trinajstić information content (AvgIpc) is 2.53. The summed E-state index contributed by atoms with van der Waals surface area (Å²) >= 11 is 5.75. The molecular weight excluding hydrogens is 324 g/mol. The molecule has 0 unspecified atom stereocenters. The van der Waals surface area contributed by atoms with Crippen LogP contribution in [0.4, 0.5) is 17.1 Å². The third-order valence-electron chi connectivity index (χ3n) is 2.97. The van der Waals surface area contributed by atoms with Crippen LogP contribution in [0, 0.1) is 20.2 Å². The zero-order valence-corrected chi connectivity index (χ0v) is 12.6. The summed E-state index contributed by atoms with van der Waals surface area (Å²) in [6.07, 6.45) is 0. The molecule has 0 amide bonds. The number of benzene rings is 2. The van der Waals surface area contributed by atoms with Gasteiger partial charge in [0.25, 0.3) is 11.4 Å². The van der Waals surface area contributed by atoms with E-state index in [2.05, 4.69) is 10.5 Å². The molecule has 0 saturated heterocycles. The van der Waals surface area contributed by atoms with Crippen LogP contribution in [0.2, 0.25) is 5.02 Å². The highest BCUT2D eigenvalue weighted by Gasteiger charge is 2.13. The quantitative estimate of drug-likeness (QED) is 0.504. The Morgan fingerprint density at radius 3 is 2.52 bits per heavy atom. The number of hydrogen-bond donors (Lipinski definition) is 1. The Bertz CT molecular complexity index is 807. The first kappa shape index (κ1) is 16.4. The molecule has 0 spiro atoms. The van der Waals surface area contributed by atoms with E-state index in [4.69, 9.17) is 11.6 Å². The van der Waals surface area contributed by atoms with Gasteiger partial charge in [-0.2, -0.15) is 5.10 Å². The smallest absolute Gasteiger partial charge is 0.278 e. The van der Waals surface area contributed by atoms with E-state index < -0.39 is 9.85 Å². The van der Waals surface area contributed by atoms with Gasteiger partial charge in [0.15, 0.2) is 0 Å². The number of nitrogens with one attached hydrogen (secondary N) is 1. The minimum Gasteiger partial charge on any atom is -0.278 e. The number of hydrazone groups is 1. The van der Waals surface area contributed by atoms with Crippen molar-refractivity contribution in [2.45, 2.75) is 6.92 Å². The Morgan fingerprint density at radius 2 is 1.87 bits per heavy atom. The third kappa shape index (κ3) is 4.01. The molecule has 2 aromatic rings. The molecule has 0 aromatic heterocycles. The lowest BCUT2D eigenvalue weighted by molar-refractivity contribution is -0.384. The summed E-state index contributed by atoms with van der Waals surface area (Å²) in [4.78, 5) is 20.5. The largest absolute Gasteiger partial charge is 0.288 e. The lowest BCUT2D eigenvalue weighted by Gasteiger charge is -2.04. The Kier molecular flexibility index (Phi) is 4.87. The molecule has 0 saturated carbocycles. The van der Waals surface area contributed by atoms with E-state index in [1.54, 1.807) is 19.1 Å². The molecule has 2 rings (SSSR count). The monoisotopic (exact) mass is 334 g/mol. The van der Waals surface area contributed by atoms with Crippen LogP contribution in [0.15, 0.2) is 47.6 Å². The highest BCUT2D eigenvalue weighted by molar-refractivity contribution is 6.32. The second-order valence-electron chi connectivity index (χ2n) is 4.54. The van der Waals surface area contributed by atoms with E-state index >= 15 is 0 Å². The van der Waals surface area contributed by atoms with Gasteiger partial charge in [0.2, 0.25) is 0 Å². The van der Waals surface area contributed by atoms with E-state index in [0.29, 0.717) is 17.0 Å². The molecule has 118 valence electrons. The van der Waals surface area contributed by atoms with Crippen molar-refractivity contribution in [3.63, 3.8) is 0 Å². The van der Waals surface area contributed by atoms with Gasteiger partial charge in [-0.3, -0.25) is 25.7 Å². The minimum atomic E-state index is -0.576. The predicted octanol–water partition coefficient (Wildman–Crippen LogP) is 3.99. The molecule has 0 fully saturated rings. The fraction of sp³-hybridized carbons (Fsp3) is 0.0714. The molecule has 0 radical (unpaired) electrons. The Hall–Kier alpha value is -3.00. The van der Waals surface area contributed by atoms with E-state index in [1.807, 2.05) is 0 Å². The number of nitro groups is 2. The number of non-ortho nitro benzene ring substituents is 1. The molecule has 23 heavy (non-hydrogen) atoms. The molecule has 9 heteroatoms. The molecule has 0 heterocycles. The fourth-order valence-electron chi connectivity index (χ4n) is 1.78. The van der Waals surface area contributed by atoms with Crippen molar-refractivity contribution >= 4 is 34.4 Å². The van der Waals surface area contributed by atoms with E-state index in [9.17, 15) is 20.2 Å². The molecular formula is C14H11ClN4O4. The minimum absolute atomic E-state index is 0.0400. The number of anilines is 1. The SMILES string of the molecule is CC(=NNc1cccc([N+](=O)[O-])c1)c1ccc(Cl)c([N+](=O)[O-])c1. The van der Waals surface area contributed by atoms with Crippen LogP contribution in [0.3, 0.4) is 0 Å². The van der Waals surface area contributed by atoms with Crippen molar-refractivity contribution in [3.8, 4) is 0 Å². The molecule has 1 N–H and O–H groups in total. The Labute approximate surface area is 135 Å². The van der Waals surface area contributed by atoms with Crippen molar-refractivity contribution in [1.82, 2.24) is 0 Å². The van der Waals surface area contributed by atoms with Crippen LogP contribution in [0.25, 0.3) is 0 Å². The van der Waals surface area contributed by atoms with Gasteiger partial charge < -0.3 is 0 Å². The van der Waals surface area contributed by atoms with Gasteiger partial charge in [-0.1, -0.05) is 23.7 Å². The molecule has 2 aromatic carbocycles. The van der Waals surface area contributed by atoms with Gasteiger partial charge >= 0.3 is 0 Å². The maximum Gasteiger partial charge on any atom is 0.288 e. The molecule has 8 nitrogen and oxygen atoms in total. The summed E-state index contributed by atoms with van der Waals surface area (Å²) in [5.74, 6) is 0. The second kappa shape index (κ2) is 6.84. The average molecular weight is 335 g/mol. The van der Waals surface area contributed by atoms with Crippen molar-refractivity contribution in [2.24, 2.45) is 5.10 Å². The molecule has 0 aliphatic heterocycles.